The average molecular weight is 575 g/mol. The van der Waals surface area contributed by atoms with Gasteiger partial charge < -0.3 is 0 Å². The SMILES string of the molecule is CCCC(C1CCC(OOC(C)(C)C)(OOC(C)(C)C)CC1)C1CCC(OOC(C)(C)C)(OOC(C)(C)C)CC1. The average Bonchev–Trinajstić information content (AvgIpc) is 2.82. The lowest BCUT2D eigenvalue weighted by Crippen LogP contribution is -2.46. The van der Waals surface area contributed by atoms with Crippen molar-refractivity contribution >= 4 is 0 Å². The van der Waals surface area contributed by atoms with Crippen molar-refractivity contribution in [2.45, 2.75) is 188 Å². The molecule has 2 fully saturated rings. The van der Waals surface area contributed by atoms with E-state index in [1.54, 1.807) is 0 Å². The Kier molecular flexibility index (Phi) is 12.5. The normalized spacial score (nSPS) is 21.8. The zero-order chi connectivity index (χ0) is 30.5. The lowest BCUT2D eigenvalue weighted by Gasteiger charge is -2.46. The molecule has 0 amide bonds. The van der Waals surface area contributed by atoms with E-state index < -0.39 is 34.0 Å². The second-order valence-electron chi connectivity index (χ2n) is 16.1. The van der Waals surface area contributed by atoms with E-state index in [1.807, 2.05) is 83.1 Å². The van der Waals surface area contributed by atoms with Gasteiger partial charge in [0.15, 0.2) is 0 Å². The third-order valence-corrected chi connectivity index (χ3v) is 7.19. The first kappa shape index (κ1) is 35.9. The Morgan fingerprint density at radius 1 is 0.500 bits per heavy atom. The van der Waals surface area contributed by atoms with Gasteiger partial charge in [-0.25, -0.2) is 19.6 Å². The van der Waals surface area contributed by atoms with Crippen LogP contribution >= 0.6 is 0 Å². The first-order chi connectivity index (χ1) is 18.2. The Morgan fingerprint density at radius 3 is 0.950 bits per heavy atom. The first-order valence-corrected chi connectivity index (χ1v) is 15.6. The highest BCUT2D eigenvalue weighted by atomic mass is 17.3. The molecule has 0 atom stereocenters. The van der Waals surface area contributed by atoms with Crippen LogP contribution in [0.1, 0.15) is 154 Å². The van der Waals surface area contributed by atoms with Gasteiger partial charge in [-0.15, -0.1) is 0 Å². The highest BCUT2D eigenvalue weighted by Crippen LogP contribution is 2.48. The topological polar surface area (TPSA) is 73.8 Å². The molecule has 2 saturated carbocycles. The van der Waals surface area contributed by atoms with Crippen molar-refractivity contribution in [3.63, 3.8) is 0 Å². The maximum absolute atomic E-state index is 5.99. The second-order valence-corrected chi connectivity index (χ2v) is 16.1. The Bertz CT molecular complexity index is 624. The zero-order valence-corrected chi connectivity index (χ0v) is 28.1. The molecule has 2 aliphatic carbocycles. The van der Waals surface area contributed by atoms with E-state index >= 15 is 0 Å². The van der Waals surface area contributed by atoms with Gasteiger partial charge >= 0.3 is 0 Å². The molecule has 0 N–H and O–H groups in total. The molecule has 0 aliphatic heterocycles. The molecule has 238 valence electrons. The molecule has 2 rings (SSSR count). The van der Waals surface area contributed by atoms with Gasteiger partial charge in [0, 0.05) is 25.7 Å². The van der Waals surface area contributed by atoms with Crippen molar-refractivity contribution in [3.05, 3.63) is 0 Å². The van der Waals surface area contributed by atoms with E-state index in [1.165, 1.54) is 6.42 Å². The summed E-state index contributed by atoms with van der Waals surface area (Å²) in [5, 5.41) is 0. The Labute approximate surface area is 245 Å². The minimum absolute atomic E-state index is 0.439. The van der Waals surface area contributed by atoms with Gasteiger partial charge in [0.1, 0.15) is 0 Å². The molecule has 0 aromatic carbocycles. The van der Waals surface area contributed by atoms with Crippen LogP contribution in [0.4, 0.5) is 0 Å². The van der Waals surface area contributed by atoms with Crippen molar-refractivity contribution in [1.82, 2.24) is 0 Å². The molecule has 0 aromatic rings. The van der Waals surface area contributed by atoms with Crippen LogP contribution in [0, 0.1) is 17.8 Å². The molecule has 0 heterocycles. The van der Waals surface area contributed by atoms with Crippen LogP contribution in [0.5, 0.6) is 0 Å². The third kappa shape index (κ3) is 12.9. The van der Waals surface area contributed by atoms with E-state index in [0.717, 1.165) is 57.8 Å². The molecular formula is C32H62O8. The summed E-state index contributed by atoms with van der Waals surface area (Å²) in [6.45, 7) is 26.0. The molecule has 8 nitrogen and oxygen atoms in total. The standard InChI is InChI=1S/C32H62O8/c1-14-15-26(24-16-20-31(21-17-24,37-33-27(2,3)4)38-34-28(5,6)7)25-18-22-32(23-19-25,39-35-29(8,9)10)40-36-30(11,12)13/h24-26H,14-23H2,1-13H3. The Balaban J connectivity index is 2.09. The van der Waals surface area contributed by atoms with Gasteiger partial charge in [-0.2, -0.15) is 19.6 Å². The van der Waals surface area contributed by atoms with E-state index in [0.29, 0.717) is 17.8 Å². The molecule has 0 aromatic heterocycles. The maximum atomic E-state index is 5.99. The van der Waals surface area contributed by atoms with Crippen LogP contribution in [0.15, 0.2) is 0 Å². The van der Waals surface area contributed by atoms with Crippen LogP contribution in [0.3, 0.4) is 0 Å². The number of rotatable bonds is 12. The Hall–Kier alpha value is -0.320. The molecule has 0 unspecified atom stereocenters. The van der Waals surface area contributed by atoms with Crippen molar-refractivity contribution in [3.8, 4) is 0 Å². The van der Waals surface area contributed by atoms with Crippen molar-refractivity contribution in [2.24, 2.45) is 17.8 Å². The first-order valence-electron chi connectivity index (χ1n) is 15.6. The van der Waals surface area contributed by atoms with Crippen LogP contribution in [0.25, 0.3) is 0 Å². The summed E-state index contributed by atoms with van der Waals surface area (Å²) in [5.74, 6) is -0.0151. The largest absolute Gasteiger partial charge is 0.234 e. The summed E-state index contributed by atoms with van der Waals surface area (Å²) in [5.41, 5.74) is -1.75. The van der Waals surface area contributed by atoms with E-state index in [2.05, 4.69) is 6.92 Å². The monoisotopic (exact) mass is 574 g/mol. The summed E-state index contributed by atoms with van der Waals surface area (Å²) in [7, 11) is 0. The molecule has 0 saturated heterocycles. The summed E-state index contributed by atoms with van der Waals surface area (Å²) in [4.78, 5) is 47.0. The van der Waals surface area contributed by atoms with Crippen molar-refractivity contribution in [1.29, 1.82) is 0 Å². The highest BCUT2D eigenvalue weighted by Gasteiger charge is 2.48. The van der Waals surface area contributed by atoms with Crippen LogP contribution in [0.2, 0.25) is 0 Å². The molecule has 0 bridgehead atoms. The number of hydrogen-bond acceptors (Lipinski definition) is 8. The molecule has 8 heteroatoms. The van der Waals surface area contributed by atoms with Gasteiger partial charge in [0.25, 0.3) is 0 Å². The van der Waals surface area contributed by atoms with E-state index in [-0.39, 0.29) is 0 Å². The molecular weight excluding hydrogens is 512 g/mol. The smallest absolute Gasteiger partial charge is 0.228 e. The predicted molar refractivity (Wildman–Crippen MR) is 155 cm³/mol. The summed E-state index contributed by atoms with van der Waals surface area (Å²) in [6, 6.07) is 0. The summed E-state index contributed by atoms with van der Waals surface area (Å²) >= 11 is 0. The lowest BCUT2D eigenvalue weighted by molar-refractivity contribution is -0.547. The fraction of sp³-hybridized carbons (Fsp3) is 1.00. The van der Waals surface area contributed by atoms with Gasteiger partial charge in [-0.3, -0.25) is 0 Å². The van der Waals surface area contributed by atoms with E-state index in [9.17, 15) is 0 Å². The minimum atomic E-state index is -0.897. The maximum Gasteiger partial charge on any atom is 0.234 e. The lowest BCUT2D eigenvalue weighted by atomic mass is 9.66. The quantitative estimate of drug-likeness (QED) is 0.130. The van der Waals surface area contributed by atoms with Gasteiger partial charge in [0.2, 0.25) is 11.6 Å². The molecule has 0 radical (unpaired) electrons. The van der Waals surface area contributed by atoms with Crippen LogP contribution in [-0.2, 0) is 39.1 Å². The zero-order valence-electron chi connectivity index (χ0n) is 28.1. The van der Waals surface area contributed by atoms with Crippen LogP contribution < -0.4 is 0 Å². The fourth-order valence-electron chi connectivity index (χ4n) is 5.37. The molecule has 40 heavy (non-hydrogen) atoms. The summed E-state index contributed by atoms with van der Waals surface area (Å²) < 4.78 is 0. The predicted octanol–water partition coefficient (Wildman–Crippen LogP) is 9.16. The number of hydrogen-bond donors (Lipinski definition) is 0. The van der Waals surface area contributed by atoms with Crippen molar-refractivity contribution in [2.75, 3.05) is 0 Å². The van der Waals surface area contributed by atoms with E-state index in [4.69, 9.17) is 39.1 Å². The highest BCUT2D eigenvalue weighted by molar-refractivity contribution is 4.89. The van der Waals surface area contributed by atoms with Gasteiger partial charge in [-0.05, 0) is 127 Å². The Morgan fingerprint density at radius 2 is 0.750 bits per heavy atom. The molecule has 0 spiro atoms. The fourth-order valence-corrected chi connectivity index (χ4v) is 5.37. The van der Waals surface area contributed by atoms with Gasteiger partial charge in [0.05, 0.1) is 22.4 Å². The summed E-state index contributed by atoms with van der Waals surface area (Å²) in [6.07, 6.45) is 9.28. The van der Waals surface area contributed by atoms with Gasteiger partial charge in [-0.1, -0.05) is 19.8 Å². The minimum Gasteiger partial charge on any atom is -0.228 e. The van der Waals surface area contributed by atoms with Crippen molar-refractivity contribution < 1.29 is 39.1 Å². The molecule has 2 aliphatic rings. The third-order valence-electron chi connectivity index (χ3n) is 7.19. The second kappa shape index (κ2) is 14.0. The van der Waals surface area contributed by atoms with Crippen LogP contribution in [-0.4, -0.2) is 34.0 Å².